The first-order valence-corrected chi connectivity index (χ1v) is 11.7. The quantitative estimate of drug-likeness (QED) is 0.433. The second-order valence-corrected chi connectivity index (χ2v) is 8.80. The number of para-hydroxylation sites is 1. The van der Waals surface area contributed by atoms with Crippen LogP contribution in [0.15, 0.2) is 54.9 Å². The highest BCUT2D eigenvalue weighted by Gasteiger charge is 2.38. The Hall–Kier alpha value is -3.86. The number of aryl methyl sites for hydroxylation is 2. The van der Waals surface area contributed by atoms with E-state index in [1.807, 2.05) is 31.5 Å². The van der Waals surface area contributed by atoms with E-state index in [0.717, 1.165) is 49.7 Å². The maximum absolute atomic E-state index is 11.7. The Morgan fingerprint density at radius 2 is 1.86 bits per heavy atom. The zero-order valence-electron chi connectivity index (χ0n) is 20.6. The monoisotopic (exact) mass is 517 g/mol. The molecule has 2 heterocycles. The molecule has 37 heavy (non-hydrogen) atoms. The van der Waals surface area contributed by atoms with E-state index >= 15 is 0 Å². The number of benzene rings is 2. The van der Waals surface area contributed by atoms with E-state index in [1.54, 1.807) is 0 Å². The molecular formula is C26H30F3N5O3. The number of carboxylic acids is 1. The third-order valence-corrected chi connectivity index (χ3v) is 6.22. The number of nitrogens with zero attached hydrogens (tertiary/aromatic N) is 3. The van der Waals surface area contributed by atoms with Crippen molar-refractivity contribution in [2.45, 2.75) is 52.0 Å². The minimum atomic E-state index is -5.08. The standard InChI is InChI=1S/C24H29N5O.C2HF3O2/c1-17-14-21(29-13-11-26-18(29)2)10-9-19(17)15-27-22-7-4-3-6-20(22)16-28-12-5-8-23(28)24(25)30;3-2(4,5)1(6)7/h3-4,6-7,9-11,13-14,23,27H,5,8,12,15-16H2,1-2H3,(H2,25,30);(H,6,7). The molecule has 0 bridgehead atoms. The van der Waals surface area contributed by atoms with Crippen molar-refractivity contribution in [2.24, 2.45) is 5.73 Å². The lowest BCUT2D eigenvalue weighted by Gasteiger charge is -2.23. The Labute approximate surface area is 212 Å². The third-order valence-electron chi connectivity index (χ3n) is 6.22. The number of carboxylic acid groups (broad SMARTS) is 1. The van der Waals surface area contributed by atoms with Crippen LogP contribution in [-0.4, -0.2) is 50.2 Å². The van der Waals surface area contributed by atoms with Gasteiger partial charge in [-0.2, -0.15) is 13.2 Å². The maximum atomic E-state index is 11.7. The van der Waals surface area contributed by atoms with Crippen molar-refractivity contribution in [3.63, 3.8) is 0 Å². The number of hydrogen-bond donors (Lipinski definition) is 3. The van der Waals surface area contributed by atoms with Crippen molar-refractivity contribution in [3.05, 3.63) is 77.4 Å². The lowest BCUT2D eigenvalue weighted by atomic mass is 10.1. The summed E-state index contributed by atoms with van der Waals surface area (Å²) in [4.78, 5) is 27.1. The van der Waals surface area contributed by atoms with Crippen LogP contribution in [0.5, 0.6) is 0 Å². The molecule has 0 radical (unpaired) electrons. The summed E-state index contributed by atoms with van der Waals surface area (Å²) in [6.07, 6.45) is 0.591. The summed E-state index contributed by atoms with van der Waals surface area (Å²) < 4.78 is 33.8. The lowest BCUT2D eigenvalue weighted by molar-refractivity contribution is -0.192. The highest BCUT2D eigenvalue weighted by Crippen LogP contribution is 2.25. The van der Waals surface area contributed by atoms with Gasteiger partial charge in [0.1, 0.15) is 5.82 Å². The Bertz CT molecular complexity index is 1240. The zero-order chi connectivity index (χ0) is 27.2. The van der Waals surface area contributed by atoms with E-state index in [9.17, 15) is 18.0 Å². The van der Waals surface area contributed by atoms with Gasteiger partial charge in [-0.25, -0.2) is 9.78 Å². The number of imidazole rings is 1. The molecule has 1 aliphatic rings. The summed E-state index contributed by atoms with van der Waals surface area (Å²) in [5.74, 6) is -2.00. The molecular weight excluding hydrogens is 487 g/mol. The average Bonchev–Trinajstić information content (AvgIpc) is 3.48. The number of halogens is 3. The molecule has 1 aromatic heterocycles. The fraction of sp³-hybridized carbons (Fsp3) is 0.346. The predicted octanol–water partition coefficient (Wildman–Crippen LogP) is 4.18. The normalized spacial score (nSPS) is 15.6. The maximum Gasteiger partial charge on any atom is 0.490 e. The highest BCUT2D eigenvalue weighted by atomic mass is 19.4. The van der Waals surface area contributed by atoms with Crippen LogP contribution >= 0.6 is 0 Å². The molecule has 8 nitrogen and oxygen atoms in total. The number of rotatable bonds is 7. The van der Waals surface area contributed by atoms with Crippen molar-refractivity contribution in [3.8, 4) is 5.69 Å². The van der Waals surface area contributed by atoms with Crippen molar-refractivity contribution >= 4 is 17.6 Å². The van der Waals surface area contributed by atoms with Gasteiger partial charge < -0.3 is 20.7 Å². The lowest BCUT2D eigenvalue weighted by Crippen LogP contribution is -2.39. The molecule has 1 aliphatic heterocycles. The minimum Gasteiger partial charge on any atom is -0.475 e. The van der Waals surface area contributed by atoms with Crippen LogP contribution in [0.1, 0.15) is 35.4 Å². The number of primary amides is 1. The first kappa shape index (κ1) is 27.7. The van der Waals surface area contributed by atoms with Crippen molar-refractivity contribution in [1.82, 2.24) is 14.5 Å². The number of nitrogens with one attached hydrogen (secondary N) is 1. The Morgan fingerprint density at radius 1 is 1.16 bits per heavy atom. The van der Waals surface area contributed by atoms with Gasteiger partial charge in [-0.1, -0.05) is 24.3 Å². The highest BCUT2D eigenvalue weighted by molar-refractivity contribution is 5.80. The molecule has 11 heteroatoms. The van der Waals surface area contributed by atoms with Crippen LogP contribution in [0.2, 0.25) is 0 Å². The van der Waals surface area contributed by atoms with E-state index in [-0.39, 0.29) is 11.9 Å². The first-order valence-electron chi connectivity index (χ1n) is 11.7. The summed E-state index contributed by atoms with van der Waals surface area (Å²) in [6, 6.07) is 14.6. The summed E-state index contributed by atoms with van der Waals surface area (Å²) in [5.41, 5.74) is 11.5. The van der Waals surface area contributed by atoms with Gasteiger partial charge in [0.15, 0.2) is 0 Å². The smallest absolute Gasteiger partial charge is 0.475 e. The molecule has 1 amide bonds. The van der Waals surface area contributed by atoms with E-state index in [4.69, 9.17) is 15.6 Å². The number of amides is 1. The van der Waals surface area contributed by atoms with Gasteiger partial charge >= 0.3 is 12.1 Å². The zero-order valence-corrected chi connectivity index (χ0v) is 20.6. The Kier molecular flexibility index (Phi) is 8.93. The largest absolute Gasteiger partial charge is 0.490 e. The van der Waals surface area contributed by atoms with Gasteiger partial charge in [-0.05, 0) is 68.1 Å². The molecule has 2 aromatic carbocycles. The molecule has 0 spiro atoms. The second-order valence-electron chi connectivity index (χ2n) is 8.80. The molecule has 0 saturated carbocycles. The molecule has 1 unspecified atom stereocenters. The topological polar surface area (TPSA) is 113 Å². The van der Waals surface area contributed by atoms with Crippen LogP contribution in [0.3, 0.4) is 0 Å². The molecule has 0 aliphatic carbocycles. The molecule has 1 atom stereocenters. The van der Waals surface area contributed by atoms with E-state index in [2.05, 4.69) is 57.0 Å². The number of aromatic nitrogens is 2. The van der Waals surface area contributed by atoms with Gasteiger partial charge in [-0.3, -0.25) is 9.69 Å². The summed E-state index contributed by atoms with van der Waals surface area (Å²) in [6.45, 7) is 6.53. The van der Waals surface area contributed by atoms with Crippen LogP contribution in [-0.2, 0) is 22.7 Å². The van der Waals surface area contributed by atoms with Crippen LogP contribution in [0, 0.1) is 13.8 Å². The molecule has 4 N–H and O–H groups in total. The number of carbonyl (C=O) groups is 2. The first-order chi connectivity index (χ1) is 17.5. The number of likely N-dealkylation sites (tertiary alicyclic amines) is 1. The fourth-order valence-corrected chi connectivity index (χ4v) is 4.26. The van der Waals surface area contributed by atoms with Crippen LogP contribution in [0.25, 0.3) is 5.69 Å². The number of anilines is 1. The number of nitrogens with two attached hydrogens (primary N) is 1. The summed E-state index contributed by atoms with van der Waals surface area (Å²) in [5, 5.41) is 10.7. The van der Waals surface area contributed by atoms with Gasteiger partial charge in [0.2, 0.25) is 5.91 Å². The number of aliphatic carboxylic acids is 1. The van der Waals surface area contributed by atoms with Gasteiger partial charge in [0.25, 0.3) is 0 Å². The van der Waals surface area contributed by atoms with Crippen LogP contribution in [0.4, 0.5) is 18.9 Å². The second kappa shape index (κ2) is 11.9. The fourth-order valence-electron chi connectivity index (χ4n) is 4.26. The molecule has 1 saturated heterocycles. The van der Waals surface area contributed by atoms with Gasteiger partial charge in [0.05, 0.1) is 6.04 Å². The van der Waals surface area contributed by atoms with E-state index in [1.165, 1.54) is 16.7 Å². The summed E-state index contributed by atoms with van der Waals surface area (Å²) in [7, 11) is 0. The molecule has 198 valence electrons. The average molecular weight is 518 g/mol. The third kappa shape index (κ3) is 7.32. The van der Waals surface area contributed by atoms with Crippen molar-refractivity contribution in [1.29, 1.82) is 0 Å². The SMILES string of the molecule is Cc1cc(-n2ccnc2C)ccc1CNc1ccccc1CN1CCCC1C(N)=O.O=C(O)C(F)(F)F. The van der Waals surface area contributed by atoms with E-state index < -0.39 is 12.1 Å². The van der Waals surface area contributed by atoms with Crippen molar-refractivity contribution < 1.29 is 27.9 Å². The van der Waals surface area contributed by atoms with Crippen molar-refractivity contribution in [2.75, 3.05) is 11.9 Å². The molecule has 4 rings (SSSR count). The minimum absolute atomic E-state index is 0.153. The van der Waals surface area contributed by atoms with E-state index in [0.29, 0.717) is 0 Å². The van der Waals surface area contributed by atoms with Gasteiger partial charge in [0, 0.05) is 36.9 Å². The summed E-state index contributed by atoms with van der Waals surface area (Å²) >= 11 is 0. The number of hydrogen-bond acceptors (Lipinski definition) is 5. The predicted molar refractivity (Wildman–Crippen MR) is 133 cm³/mol. The van der Waals surface area contributed by atoms with Crippen LogP contribution < -0.4 is 11.1 Å². The molecule has 1 fully saturated rings. The molecule has 3 aromatic rings. The number of carbonyl (C=O) groups excluding carboxylic acids is 1. The van der Waals surface area contributed by atoms with Gasteiger partial charge in [-0.15, -0.1) is 0 Å². The Morgan fingerprint density at radius 3 is 2.46 bits per heavy atom. The Balaban J connectivity index is 0.000000479. The number of alkyl halides is 3.